The first-order valence-corrected chi connectivity index (χ1v) is 11.0. The molecule has 2 aliphatic rings. The van der Waals surface area contributed by atoms with Gasteiger partial charge in [0.15, 0.2) is 0 Å². The molecule has 2 heterocycles. The maximum Gasteiger partial charge on any atom is 0.235 e. The van der Waals surface area contributed by atoms with E-state index in [4.69, 9.17) is 5.73 Å². The molecule has 3 rings (SSSR count). The Balaban J connectivity index is 1.67. The number of carbonyl (C=O) groups is 2. The van der Waals surface area contributed by atoms with E-state index in [-0.39, 0.29) is 18.4 Å². The van der Waals surface area contributed by atoms with Gasteiger partial charge < -0.3 is 15.5 Å². The van der Waals surface area contributed by atoms with Gasteiger partial charge in [0.1, 0.15) is 0 Å². The molecular weight excluding hydrogens is 362 g/mol. The van der Waals surface area contributed by atoms with E-state index in [0.717, 1.165) is 43.7 Å². The van der Waals surface area contributed by atoms with Gasteiger partial charge in [-0.05, 0) is 50.7 Å². The maximum absolute atomic E-state index is 13.2. The topological polar surface area (TPSA) is 66.6 Å². The van der Waals surface area contributed by atoms with Crippen molar-refractivity contribution in [3.8, 4) is 0 Å². The highest BCUT2D eigenvalue weighted by Gasteiger charge is 2.41. The molecule has 5 nitrogen and oxygen atoms in total. The first kappa shape index (κ1) is 21.6. The Morgan fingerprint density at radius 1 is 1.24 bits per heavy atom. The number of amides is 2. The zero-order valence-electron chi connectivity index (χ0n) is 18.1. The molecule has 1 fully saturated rings. The summed E-state index contributed by atoms with van der Waals surface area (Å²) in [6.45, 7) is 9.71. The van der Waals surface area contributed by atoms with Crippen molar-refractivity contribution in [2.75, 3.05) is 24.5 Å². The molecule has 5 heteroatoms. The van der Waals surface area contributed by atoms with E-state index < -0.39 is 11.8 Å². The normalized spacial score (nSPS) is 21.1. The summed E-state index contributed by atoms with van der Waals surface area (Å²) in [4.78, 5) is 29.2. The molecule has 0 aliphatic carbocycles. The molecule has 1 saturated heterocycles. The van der Waals surface area contributed by atoms with Crippen LogP contribution in [0, 0.1) is 5.92 Å². The molecule has 0 bridgehead atoms. The number of allylic oxidation sites excluding steroid dienone is 1. The van der Waals surface area contributed by atoms with Gasteiger partial charge in [0.25, 0.3) is 0 Å². The fraction of sp³-hybridized carbons (Fsp3) is 0.583. The van der Waals surface area contributed by atoms with E-state index in [0.29, 0.717) is 5.92 Å². The third-order valence-corrected chi connectivity index (χ3v) is 6.16. The highest BCUT2D eigenvalue weighted by atomic mass is 16.2. The Kier molecular flexibility index (Phi) is 7.12. The molecule has 2 amide bonds. The van der Waals surface area contributed by atoms with E-state index in [1.54, 1.807) is 0 Å². The van der Waals surface area contributed by atoms with Crippen LogP contribution in [0.15, 0.2) is 35.9 Å². The van der Waals surface area contributed by atoms with Crippen molar-refractivity contribution in [3.05, 3.63) is 41.5 Å². The van der Waals surface area contributed by atoms with Crippen LogP contribution >= 0.6 is 0 Å². The van der Waals surface area contributed by atoms with Crippen LogP contribution in [0.25, 0.3) is 0 Å². The molecule has 0 radical (unpaired) electrons. The second-order valence-electron chi connectivity index (χ2n) is 8.81. The van der Waals surface area contributed by atoms with Crippen molar-refractivity contribution >= 4 is 17.5 Å². The van der Waals surface area contributed by atoms with Crippen molar-refractivity contribution < 1.29 is 9.59 Å². The summed E-state index contributed by atoms with van der Waals surface area (Å²) >= 11 is 0. The highest BCUT2D eigenvalue weighted by Crippen LogP contribution is 2.41. The number of para-hydroxylation sites is 1. The Bertz CT molecular complexity index is 761. The van der Waals surface area contributed by atoms with Gasteiger partial charge in [0, 0.05) is 37.8 Å². The van der Waals surface area contributed by atoms with Crippen molar-refractivity contribution in [2.24, 2.45) is 11.7 Å². The highest BCUT2D eigenvalue weighted by molar-refractivity contribution is 6.07. The second kappa shape index (κ2) is 9.57. The number of nitrogens with two attached hydrogens (primary N) is 1. The fourth-order valence-corrected chi connectivity index (χ4v) is 4.96. The number of carbonyl (C=O) groups excluding carboxylic acids is 2. The first-order chi connectivity index (χ1) is 13.9. The van der Waals surface area contributed by atoms with Crippen molar-refractivity contribution in [1.82, 2.24) is 4.90 Å². The molecule has 0 spiro atoms. The molecular formula is C24H35N3O2. The average molecular weight is 398 g/mol. The number of hydrogen-bond acceptors (Lipinski definition) is 3. The van der Waals surface area contributed by atoms with E-state index in [1.807, 2.05) is 29.2 Å². The SMILES string of the molecule is CCCC(C=C(C)C)CN1CCC(N2C(=O)C(CC(N)=O)c3ccccc32)CC1. The van der Waals surface area contributed by atoms with Gasteiger partial charge in [-0.3, -0.25) is 9.59 Å². The van der Waals surface area contributed by atoms with Gasteiger partial charge >= 0.3 is 0 Å². The van der Waals surface area contributed by atoms with Crippen LogP contribution in [0.5, 0.6) is 0 Å². The minimum atomic E-state index is -0.423. The predicted octanol–water partition coefficient (Wildman–Crippen LogP) is 3.84. The maximum atomic E-state index is 13.2. The average Bonchev–Trinajstić information content (AvgIpc) is 2.94. The first-order valence-electron chi connectivity index (χ1n) is 11.0. The quantitative estimate of drug-likeness (QED) is 0.678. The number of nitrogens with zero attached hydrogens (tertiary/aromatic N) is 2. The summed E-state index contributed by atoms with van der Waals surface area (Å²) in [6.07, 6.45) is 6.86. The Morgan fingerprint density at radius 3 is 2.55 bits per heavy atom. The lowest BCUT2D eigenvalue weighted by Crippen LogP contribution is -2.47. The minimum Gasteiger partial charge on any atom is -0.370 e. The Labute approximate surface area is 174 Å². The molecule has 2 N–H and O–H groups in total. The molecule has 2 aliphatic heterocycles. The molecule has 1 aromatic rings. The number of hydrogen-bond donors (Lipinski definition) is 1. The summed E-state index contributed by atoms with van der Waals surface area (Å²) in [6, 6.07) is 8.07. The number of rotatable bonds is 8. The van der Waals surface area contributed by atoms with Crippen LogP contribution in [0.4, 0.5) is 5.69 Å². The van der Waals surface area contributed by atoms with Crippen molar-refractivity contribution in [2.45, 2.75) is 64.8 Å². The van der Waals surface area contributed by atoms with Crippen molar-refractivity contribution in [1.29, 1.82) is 0 Å². The number of piperidine rings is 1. The number of fused-ring (bicyclic) bond motifs is 1. The van der Waals surface area contributed by atoms with E-state index >= 15 is 0 Å². The van der Waals surface area contributed by atoms with Crippen LogP contribution in [0.2, 0.25) is 0 Å². The van der Waals surface area contributed by atoms with Gasteiger partial charge in [-0.1, -0.05) is 43.2 Å². The number of anilines is 1. The summed E-state index contributed by atoms with van der Waals surface area (Å²) in [5.74, 6) is -0.197. The van der Waals surface area contributed by atoms with Gasteiger partial charge in [-0.15, -0.1) is 0 Å². The van der Waals surface area contributed by atoms with Crippen LogP contribution < -0.4 is 10.6 Å². The van der Waals surface area contributed by atoms with Crippen LogP contribution in [0.3, 0.4) is 0 Å². The molecule has 1 aromatic carbocycles. The van der Waals surface area contributed by atoms with Crippen molar-refractivity contribution in [3.63, 3.8) is 0 Å². The largest absolute Gasteiger partial charge is 0.370 e. The lowest BCUT2D eigenvalue weighted by atomic mass is 9.97. The molecule has 0 saturated carbocycles. The zero-order valence-corrected chi connectivity index (χ0v) is 18.1. The lowest BCUT2D eigenvalue weighted by Gasteiger charge is -2.38. The number of likely N-dealkylation sites (tertiary alicyclic amines) is 1. The van der Waals surface area contributed by atoms with Crippen LogP contribution in [0.1, 0.15) is 64.4 Å². The minimum absolute atomic E-state index is 0.0388. The van der Waals surface area contributed by atoms with E-state index in [2.05, 4.69) is 31.7 Å². The van der Waals surface area contributed by atoms with E-state index in [1.165, 1.54) is 18.4 Å². The van der Waals surface area contributed by atoms with Gasteiger partial charge in [0.05, 0.1) is 5.92 Å². The fourth-order valence-electron chi connectivity index (χ4n) is 4.96. The van der Waals surface area contributed by atoms with Gasteiger partial charge in [0.2, 0.25) is 11.8 Å². The molecule has 29 heavy (non-hydrogen) atoms. The van der Waals surface area contributed by atoms with Crippen LogP contribution in [-0.2, 0) is 9.59 Å². The smallest absolute Gasteiger partial charge is 0.235 e. The zero-order chi connectivity index (χ0) is 21.0. The monoisotopic (exact) mass is 397 g/mol. The summed E-state index contributed by atoms with van der Waals surface area (Å²) in [5.41, 5.74) is 8.72. The predicted molar refractivity (Wildman–Crippen MR) is 118 cm³/mol. The third kappa shape index (κ3) is 5.08. The third-order valence-electron chi connectivity index (χ3n) is 6.16. The van der Waals surface area contributed by atoms with E-state index in [9.17, 15) is 9.59 Å². The van der Waals surface area contributed by atoms with Crippen LogP contribution in [-0.4, -0.2) is 42.4 Å². The Hall–Kier alpha value is -2.14. The molecule has 2 atom stereocenters. The Morgan fingerprint density at radius 2 is 1.93 bits per heavy atom. The molecule has 158 valence electrons. The second-order valence-corrected chi connectivity index (χ2v) is 8.81. The van der Waals surface area contributed by atoms with Gasteiger partial charge in [-0.2, -0.15) is 0 Å². The summed E-state index contributed by atoms with van der Waals surface area (Å²) in [7, 11) is 0. The number of primary amides is 1. The lowest BCUT2D eigenvalue weighted by molar-refractivity contribution is -0.124. The standard InChI is InChI=1S/C24H35N3O2/c1-4-7-18(14-17(2)3)16-26-12-10-19(11-13-26)27-22-9-6-5-8-20(22)21(24(27)29)15-23(25)28/h5-6,8-9,14,18-19,21H,4,7,10-13,15-16H2,1-3H3,(H2,25,28). The molecule has 2 unspecified atom stereocenters. The summed E-state index contributed by atoms with van der Waals surface area (Å²) in [5, 5.41) is 0. The summed E-state index contributed by atoms with van der Waals surface area (Å²) < 4.78 is 0. The molecule has 0 aromatic heterocycles. The number of benzene rings is 1. The van der Waals surface area contributed by atoms with Gasteiger partial charge in [-0.25, -0.2) is 0 Å².